The number of carbonyl (C=O) groups is 3. The number of nitrogens with zero attached hydrogens (tertiary/aromatic N) is 3. The molecule has 0 spiro atoms. The summed E-state index contributed by atoms with van der Waals surface area (Å²) in [4.78, 5) is 42.1. The molecule has 3 aliphatic rings. The van der Waals surface area contributed by atoms with Gasteiger partial charge in [0.25, 0.3) is 42.2 Å². The lowest BCUT2D eigenvalue weighted by Gasteiger charge is -2.30. The van der Waals surface area contributed by atoms with E-state index in [-0.39, 0.29) is 58.1 Å². The molecule has 2 aromatic rings. The molecule has 0 radical (unpaired) electrons. The Hall–Kier alpha value is -4.66. The normalized spacial score (nSPS) is 21.0. The summed E-state index contributed by atoms with van der Waals surface area (Å²) < 4.78 is 144. The lowest BCUT2D eigenvalue weighted by molar-refractivity contribution is -0.438. The van der Waals surface area contributed by atoms with Crippen molar-refractivity contribution >= 4 is 75.3 Å². The van der Waals surface area contributed by atoms with Gasteiger partial charge in [-0.25, -0.2) is 13.2 Å². The monoisotopic (exact) mass is 999 g/mol. The third kappa shape index (κ3) is 12.7. The molecule has 3 aliphatic heterocycles. The average molecular weight is 1000 g/mol. The molecule has 24 heteroatoms. The number of benzene rings is 2. The lowest BCUT2D eigenvalue weighted by Crippen LogP contribution is -2.32. The van der Waals surface area contributed by atoms with Crippen LogP contribution in [0.1, 0.15) is 89.2 Å². The number of ether oxygens (including phenoxy) is 1. The van der Waals surface area contributed by atoms with Crippen LogP contribution in [0.5, 0.6) is 0 Å². The molecular formula is C42H53N3O17S4. The lowest BCUT2D eigenvalue weighted by atomic mass is 9.76. The number of hydroxylamine groups is 2. The number of hydrogen-bond acceptors (Lipinski definition) is 15. The van der Waals surface area contributed by atoms with Crippen LogP contribution in [0, 0.1) is 0 Å². The van der Waals surface area contributed by atoms with Crippen molar-refractivity contribution < 1.29 is 80.4 Å². The summed E-state index contributed by atoms with van der Waals surface area (Å²) in [6.07, 6.45) is 9.64. The van der Waals surface area contributed by atoms with Crippen LogP contribution in [0.25, 0.3) is 0 Å². The number of methoxy groups -OCH3 is 1. The number of imide groups is 1. The maximum Gasteiger partial charge on any atom is 0.333 e. The topological polar surface area (TPSA) is 299 Å². The zero-order valence-electron chi connectivity index (χ0n) is 36.5. The van der Waals surface area contributed by atoms with Gasteiger partial charge in [0.15, 0.2) is 5.71 Å². The molecule has 1 fully saturated rings. The van der Waals surface area contributed by atoms with Gasteiger partial charge in [-0.2, -0.15) is 29.8 Å². The summed E-state index contributed by atoms with van der Waals surface area (Å²) in [5, 5.41) is 0.475. The number of unbranched alkanes of at least 4 members (excludes halogenated alkanes) is 2. The van der Waals surface area contributed by atoms with E-state index in [9.17, 15) is 66.3 Å². The van der Waals surface area contributed by atoms with E-state index >= 15 is 0 Å². The molecule has 0 aliphatic carbocycles. The molecule has 3 heterocycles. The second-order valence-electron chi connectivity index (χ2n) is 16.6. The van der Waals surface area contributed by atoms with E-state index in [0.717, 1.165) is 0 Å². The fourth-order valence-corrected chi connectivity index (χ4v) is 10.7. The van der Waals surface area contributed by atoms with Crippen molar-refractivity contribution in [3.8, 4) is 0 Å². The molecule has 0 bridgehead atoms. The number of rotatable bonds is 23. The first-order valence-electron chi connectivity index (χ1n) is 20.9. The minimum Gasteiger partial charge on any atom is -0.744 e. The van der Waals surface area contributed by atoms with Gasteiger partial charge in [0, 0.05) is 73.8 Å². The Labute approximate surface area is 384 Å². The highest BCUT2D eigenvalue weighted by Gasteiger charge is 2.48. The molecule has 0 aromatic heterocycles. The Morgan fingerprint density at radius 3 is 1.98 bits per heavy atom. The summed E-state index contributed by atoms with van der Waals surface area (Å²) in [6.45, 7) is 4.32. The summed E-state index contributed by atoms with van der Waals surface area (Å²) in [7, 11) is -16.8. The third-order valence-electron chi connectivity index (χ3n) is 11.9. The summed E-state index contributed by atoms with van der Waals surface area (Å²) in [5.74, 6) is -3.14. The van der Waals surface area contributed by atoms with Crippen LogP contribution in [0.2, 0.25) is 0 Å². The Morgan fingerprint density at radius 1 is 0.788 bits per heavy atom. The average Bonchev–Trinajstić information content (AvgIpc) is 3.74. The van der Waals surface area contributed by atoms with Gasteiger partial charge in [-0.15, -0.1) is 5.06 Å². The number of allylic oxidation sites excluding steroid dienone is 6. The Morgan fingerprint density at radius 2 is 1.39 bits per heavy atom. The van der Waals surface area contributed by atoms with Crippen LogP contribution < -0.4 is 4.90 Å². The van der Waals surface area contributed by atoms with Gasteiger partial charge in [-0.1, -0.05) is 18.2 Å². The van der Waals surface area contributed by atoms with Crippen molar-refractivity contribution in [1.29, 1.82) is 0 Å². The first kappa shape index (κ1) is 52.3. The molecule has 3 N–H and O–H groups in total. The zero-order valence-corrected chi connectivity index (χ0v) is 39.8. The predicted molar refractivity (Wildman–Crippen MR) is 238 cm³/mol. The summed E-state index contributed by atoms with van der Waals surface area (Å²) in [6, 6.07) is 7.99. The van der Waals surface area contributed by atoms with Crippen LogP contribution in [-0.2, 0) is 75.3 Å². The van der Waals surface area contributed by atoms with Gasteiger partial charge < -0.3 is 19.0 Å². The van der Waals surface area contributed by atoms with Crippen molar-refractivity contribution in [3.63, 3.8) is 0 Å². The van der Waals surface area contributed by atoms with E-state index in [1.165, 1.54) is 43.5 Å². The number of fused-ring (bicyclic) bond motifs is 2. The molecule has 20 nitrogen and oxygen atoms in total. The zero-order chi connectivity index (χ0) is 48.9. The molecule has 2 aromatic carbocycles. The molecule has 2 amide bonds. The van der Waals surface area contributed by atoms with E-state index in [0.29, 0.717) is 64.8 Å². The quantitative estimate of drug-likeness (QED) is 0.0464. The largest absolute Gasteiger partial charge is 0.744 e. The summed E-state index contributed by atoms with van der Waals surface area (Å²) in [5.41, 5.74) is 0.985. The van der Waals surface area contributed by atoms with E-state index < -0.39 is 90.4 Å². The third-order valence-corrected chi connectivity index (χ3v) is 15.2. The summed E-state index contributed by atoms with van der Waals surface area (Å²) >= 11 is 0. The molecule has 362 valence electrons. The molecule has 5 rings (SSSR count). The highest BCUT2D eigenvalue weighted by molar-refractivity contribution is 7.86. The standard InChI is InChI=1S/C42H53N3O17S4/c1-41(21-10-26-63(49,50)51)32-28-30(65(55,56)57)15-17-34(32)43(23-9-5-8-14-40(48)62-45-38(46)19-20-39(45)47)36(41)12-6-4-7-13-37-42(2,22-11-27-64(52,53)54)33-29-31(66(58,59)60)16-18-35(33)44(37)24-25-61-3/h4,6-7,12-13,15-18,28-29H,5,8-11,14,19-27H2,1-3H3,(H3-,49,50,51,52,53,54,55,56,57,58,59,60). The minimum atomic E-state index is -4.88. The SMILES string of the molecule is COCCN1/C(=C/C=C/C=C/C2=[N+](CCCCCC(=O)ON3C(=O)CCC3=O)c3ccc(S(=O)(=O)O)cc3C2(C)CCCS(=O)(=O)O)C(C)(CCCS(=O)(=O)O)c2cc(S(=O)(=O)[O-])ccc21. The Balaban J connectivity index is 1.52. The van der Waals surface area contributed by atoms with E-state index in [2.05, 4.69) is 0 Å². The van der Waals surface area contributed by atoms with Gasteiger partial charge in [-0.3, -0.25) is 23.2 Å². The van der Waals surface area contributed by atoms with Crippen molar-refractivity contribution in [2.45, 2.75) is 98.7 Å². The van der Waals surface area contributed by atoms with Crippen LogP contribution in [-0.4, -0.2) is 123 Å². The molecule has 0 saturated carbocycles. The molecule has 2 unspecified atom stereocenters. The van der Waals surface area contributed by atoms with E-state index in [1.807, 2.05) is 9.48 Å². The van der Waals surface area contributed by atoms with Gasteiger partial charge >= 0.3 is 5.97 Å². The highest BCUT2D eigenvalue weighted by atomic mass is 32.2. The maximum absolute atomic E-state index is 12.4. The highest BCUT2D eigenvalue weighted by Crippen LogP contribution is 2.51. The predicted octanol–water partition coefficient (Wildman–Crippen LogP) is 4.12. The smallest absolute Gasteiger partial charge is 0.333 e. The van der Waals surface area contributed by atoms with Crippen LogP contribution in [0.3, 0.4) is 0 Å². The number of carbonyl (C=O) groups excluding carboxylic acids is 3. The first-order chi connectivity index (χ1) is 30.7. The van der Waals surface area contributed by atoms with Gasteiger partial charge in [0.05, 0.1) is 33.3 Å². The van der Waals surface area contributed by atoms with Crippen molar-refractivity contribution in [1.82, 2.24) is 5.06 Å². The second-order valence-corrected chi connectivity index (χ2v) is 22.5. The van der Waals surface area contributed by atoms with E-state index in [4.69, 9.17) is 9.57 Å². The number of amides is 2. The fraction of sp³-hybridized carbons (Fsp3) is 0.476. The van der Waals surface area contributed by atoms with Crippen LogP contribution in [0.4, 0.5) is 11.4 Å². The molecular weight excluding hydrogens is 947 g/mol. The van der Waals surface area contributed by atoms with Gasteiger partial charge in [0.2, 0.25) is 5.69 Å². The molecule has 66 heavy (non-hydrogen) atoms. The minimum absolute atomic E-state index is 0.0307. The number of hydrogen-bond donors (Lipinski definition) is 3. The maximum atomic E-state index is 12.4. The van der Waals surface area contributed by atoms with Crippen LogP contribution >= 0.6 is 0 Å². The Kier molecular flexibility index (Phi) is 16.4. The van der Waals surface area contributed by atoms with Crippen molar-refractivity contribution in [2.24, 2.45) is 0 Å². The second kappa shape index (κ2) is 20.7. The number of anilines is 1. The molecule has 2 atom stereocenters. The first-order valence-corrected chi connectivity index (χ1v) is 26.9. The van der Waals surface area contributed by atoms with E-state index in [1.54, 1.807) is 44.2 Å². The van der Waals surface area contributed by atoms with Gasteiger partial charge in [0.1, 0.15) is 16.7 Å². The van der Waals surface area contributed by atoms with Crippen molar-refractivity contribution in [3.05, 3.63) is 83.6 Å². The van der Waals surface area contributed by atoms with Gasteiger partial charge in [-0.05, 0) is 94.3 Å². The van der Waals surface area contributed by atoms with Crippen LogP contribution in [0.15, 0.2) is 82.3 Å². The molecule has 1 saturated heterocycles. The Bertz CT molecular complexity index is 2800. The fourth-order valence-electron chi connectivity index (χ4n) is 8.66. The van der Waals surface area contributed by atoms with Crippen molar-refractivity contribution in [2.75, 3.05) is 43.2 Å².